The third-order valence-corrected chi connectivity index (χ3v) is 5.77. The van der Waals surface area contributed by atoms with Crippen molar-refractivity contribution >= 4 is 22.5 Å². The number of carbonyl (C=O) groups excluding carboxylic acids is 1. The molecule has 1 aliphatic carbocycles. The Hall–Kier alpha value is -2.52. The summed E-state index contributed by atoms with van der Waals surface area (Å²) in [6, 6.07) is 5.97. The molecule has 0 radical (unpaired) electrons. The molecule has 2 atom stereocenters. The molecule has 1 aromatic heterocycles. The van der Waals surface area contributed by atoms with Gasteiger partial charge in [0, 0.05) is 43.9 Å². The summed E-state index contributed by atoms with van der Waals surface area (Å²) in [7, 11) is 0. The number of piperidine rings is 1. The summed E-state index contributed by atoms with van der Waals surface area (Å²) in [5.41, 5.74) is 8.84. The molecule has 2 fully saturated rings. The van der Waals surface area contributed by atoms with Crippen LogP contribution in [-0.4, -0.2) is 34.4 Å². The van der Waals surface area contributed by atoms with Gasteiger partial charge in [0.25, 0.3) is 0 Å². The standard InChI is InChI=1S/C21H25N5O/c1-14-8-15(9-17(27)10-21(23)4-5-21)13-26(12-14)18-3-2-16(11-22)19-20(18)25-7-6-24-19/h2-3,6-7,14-15H,4-5,8-10,12-13,23H2,1H3/t14-,15-/m0/s1. The van der Waals surface area contributed by atoms with Crippen LogP contribution in [0.3, 0.4) is 0 Å². The van der Waals surface area contributed by atoms with Crippen LogP contribution in [0.2, 0.25) is 0 Å². The minimum atomic E-state index is -0.212. The topological polar surface area (TPSA) is 95.9 Å². The fraction of sp³-hybridized carbons (Fsp3) is 0.524. The molecule has 1 aliphatic heterocycles. The van der Waals surface area contributed by atoms with E-state index < -0.39 is 0 Å². The smallest absolute Gasteiger partial charge is 0.135 e. The number of ketones is 1. The largest absolute Gasteiger partial charge is 0.369 e. The van der Waals surface area contributed by atoms with Gasteiger partial charge in [-0.25, -0.2) is 0 Å². The average molecular weight is 363 g/mol. The molecule has 6 heteroatoms. The Bertz CT molecular complexity index is 914. The van der Waals surface area contributed by atoms with Gasteiger partial charge in [-0.15, -0.1) is 0 Å². The van der Waals surface area contributed by atoms with Gasteiger partial charge in [0.1, 0.15) is 22.9 Å². The lowest BCUT2D eigenvalue weighted by atomic mass is 9.85. The first-order chi connectivity index (χ1) is 13.0. The highest BCUT2D eigenvalue weighted by Gasteiger charge is 2.40. The van der Waals surface area contributed by atoms with Crippen molar-refractivity contribution in [2.45, 2.75) is 44.6 Å². The van der Waals surface area contributed by atoms with Crippen LogP contribution >= 0.6 is 0 Å². The molecule has 6 nitrogen and oxygen atoms in total. The molecule has 0 unspecified atom stereocenters. The van der Waals surface area contributed by atoms with Gasteiger partial charge < -0.3 is 10.6 Å². The van der Waals surface area contributed by atoms with Crippen LogP contribution in [0.15, 0.2) is 24.5 Å². The number of nitriles is 1. The second-order valence-electron chi connectivity index (χ2n) is 8.39. The van der Waals surface area contributed by atoms with Crippen molar-refractivity contribution in [2.24, 2.45) is 17.6 Å². The fourth-order valence-corrected chi connectivity index (χ4v) is 4.34. The predicted octanol–water partition coefficient (Wildman–Crippen LogP) is 2.80. The zero-order chi connectivity index (χ0) is 19.0. The molecule has 4 rings (SSSR count). The maximum Gasteiger partial charge on any atom is 0.135 e. The van der Waals surface area contributed by atoms with E-state index >= 15 is 0 Å². The molecule has 140 valence electrons. The van der Waals surface area contributed by atoms with E-state index in [1.165, 1.54) is 0 Å². The zero-order valence-corrected chi connectivity index (χ0v) is 15.7. The van der Waals surface area contributed by atoms with E-state index in [0.717, 1.165) is 43.6 Å². The molecule has 27 heavy (non-hydrogen) atoms. The number of rotatable bonds is 5. The van der Waals surface area contributed by atoms with Crippen molar-refractivity contribution in [3.8, 4) is 6.07 Å². The summed E-state index contributed by atoms with van der Waals surface area (Å²) in [6.45, 7) is 3.97. The number of anilines is 1. The summed E-state index contributed by atoms with van der Waals surface area (Å²) in [5.74, 6) is 1.11. The normalized spacial score (nSPS) is 23.8. The van der Waals surface area contributed by atoms with Crippen molar-refractivity contribution in [3.63, 3.8) is 0 Å². The summed E-state index contributed by atoms with van der Waals surface area (Å²) in [6.07, 6.45) is 7.40. The van der Waals surface area contributed by atoms with Gasteiger partial charge in [-0.1, -0.05) is 6.92 Å². The maximum atomic E-state index is 12.5. The highest BCUT2D eigenvalue weighted by Crippen LogP contribution is 2.37. The Morgan fingerprint density at radius 3 is 2.74 bits per heavy atom. The Kier molecular flexibility index (Phi) is 4.56. The van der Waals surface area contributed by atoms with Gasteiger partial charge in [0.05, 0.1) is 11.3 Å². The van der Waals surface area contributed by atoms with E-state index in [4.69, 9.17) is 5.73 Å². The number of nitrogens with two attached hydrogens (primary N) is 1. The van der Waals surface area contributed by atoms with E-state index in [1.54, 1.807) is 12.4 Å². The van der Waals surface area contributed by atoms with E-state index in [9.17, 15) is 10.1 Å². The fourth-order valence-electron chi connectivity index (χ4n) is 4.34. The molecule has 1 saturated carbocycles. The monoisotopic (exact) mass is 363 g/mol. The Morgan fingerprint density at radius 2 is 2.04 bits per heavy atom. The third kappa shape index (κ3) is 3.79. The van der Waals surface area contributed by atoms with Gasteiger partial charge in [-0.05, 0) is 43.2 Å². The Morgan fingerprint density at radius 1 is 1.30 bits per heavy atom. The van der Waals surface area contributed by atoms with Crippen molar-refractivity contribution < 1.29 is 4.79 Å². The van der Waals surface area contributed by atoms with E-state index in [2.05, 4.69) is 27.9 Å². The summed E-state index contributed by atoms with van der Waals surface area (Å²) >= 11 is 0. The van der Waals surface area contributed by atoms with Crippen LogP contribution in [0.4, 0.5) is 5.69 Å². The first kappa shape index (κ1) is 17.9. The first-order valence-corrected chi connectivity index (χ1v) is 9.67. The van der Waals surface area contributed by atoms with E-state index in [1.807, 2.05) is 12.1 Å². The number of aromatic nitrogens is 2. The molecule has 2 heterocycles. The van der Waals surface area contributed by atoms with Crippen LogP contribution in [0, 0.1) is 23.2 Å². The quantitative estimate of drug-likeness (QED) is 0.877. The summed E-state index contributed by atoms with van der Waals surface area (Å²) < 4.78 is 0. The predicted molar refractivity (Wildman–Crippen MR) is 104 cm³/mol. The maximum absolute atomic E-state index is 12.5. The van der Waals surface area contributed by atoms with Crippen molar-refractivity contribution in [3.05, 3.63) is 30.1 Å². The van der Waals surface area contributed by atoms with Gasteiger partial charge >= 0.3 is 0 Å². The molecular weight excluding hydrogens is 338 g/mol. The lowest BCUT2D eigenvalue weighted by Gasteiger charge is -2.38. The van der Waals surface area contributed by atoms with Crippen LogP contribution in [-0.2, 0) is 4.79 Å². The second kappa shape index (κ2) is 6.90. The molecule has 1 saturated heterocycles. The number of hydrogen-bond acceptors (Lipinski definition) is 6. The molecule has 2 aromatic rings. The second-order valence-corrected chi connectivity index (χ2v) is 8.39. The molecule has 0 bridgehead atoms. The minimum absolute atomic E-state index is 0.212. The highest BCUT2D eigenvalue weighted by atomic mass is 16.1. The van der Waals surface area contributed by atoms with Crippen molar-refractivity contribution in [2.75, 3.05) is 18.0 Å². The van der Waals surface area contributed by atoms with Gasteiger partial charge in [-0.2, -0.15) is 5.26 Å². The van der Waals surface area contributed by atoms with Gasteiger partial charge in [0.15, 0.2) is 0 Å². The van der Waals surface area contributed by atoms with Gasteiger partial charge in [0.2, 0.25) is 0 Å². The van der Waals surface area contributed by atoms with E-state index in [-0.39, 0.29) is 5.54 Å². The zero-order valence-electron chi connectivity index (χ0n) is 15.7. The summed E-state index contributed by atoms with van der Waals surface area (Å²) in [4.78, 5) is 23.6. The molecule has 1 aromatic carbocycles. The summed E-state index contributed by atoms with van der Waals surface area (Å²) in [5, 5.41) is 9.34. The van der Waals surface area contributed by atoms with Crippen molar-refractivity contribution in [1.82, 2.24) is 9.97 Å². The Balaban J connectivity index is 1.56. The highest BCUT2D eigenvalue weighted by molar-refractivity contribution is 5.92. The number of benzene rings is 1. The molecule has 0 spiro atoms. The van der Waals surface area contributed by atoms with Crippen LogP contribution in [0.25, 0.3) is 11.0 Å². The molecule has 2 N–H and O–H groups in total. The lowest BCUT2D eigenvalue weighted by Crippen LogP contribution is -2.41. The SMILES string of the molecule is C[C@H]1C[C@@H](CC(=O)CC2(N)CC2)CN(c2ccc(C#N)c3nccnc23)C1. The van der Waals surface area contributed by atoms with Crippen LogP contribution in [0.5, 0.6) is 0 Å². The Labute approximate surface area is 159 Å². The van der Waals surface area contributed by atoms with E-state index in [0.29, 0.717) is 41.5 Å². The third-order valence-electron chi connectivity index (χ3n) is 5.77. The number of fused-ring (bicyclic) bond motifs is 1. The number of Topliss-reactive ketones (excluding diaryl/α,β-unsaturated/α-hetero) is 1. The molecule has 0 amide bonds. The number of nitrogens with zero attached hydrogens (tertiary/aromatic N) is 4. The molecule has 2 aliphatic rings. The number of carbonyl (C=O) groups is 1. The van der Waals surface area contributed by atoms with Crippen LogP contribution in [0.1, 0.15) is 44.6 Å². The lowest BCUT2D eigenvalue weighted by molar-refractivity contribution is -0.120. The minimum Gasteiger partial charge on any atom is -0.369 e. The average Bonchev–Trinajstić information content (AvgIpc) is 3.36. The number of hydrogen-bond donors (Lipinski definition) is 1. The first-order valence-electron chi connectivity index (χ1n) is 9.67. The molecular formula is C21H25N5O. The van der Waals surface area contributed by atoms with Gasteiger partial charge in [-0.3, -0.25) is 14.8 Å². The van der Waals surface area contributed by atoms with Crippen molar-refractivity contribution in [1.29, 1.82) is 5.26 Å². The van der Waals surface area contributed by atoms with Crippen LogP contribution < -0.4 is 10.6 Å².